The first-order valence-electron chi connectivity index (χ1n) is 8.92. The van der Waals surface area contributed by atoms with E-state index >= 15 is 0 Å². The van der Waals surface area contributed by atoms with Crippen LogP contribution in [0.2, 0.25) is 0 Å². The Morgan fingerprint density at radius 1 is 1.13 bits per heavy atom. The molecule has 1 heterocycles. The molecule has 2 aromatic carbocycles. The lowest BCUT2D eigenvalue weighted by molar-refractivity contribution is -0.384. The third kappa shape index (κ3) is 4.47. The Kier molecular flexibility index (Phi) is 6.43. The van der Waals surface area contributed by atoms with Crippen molar-refractivity contribution in [1.29, 1.82) is 0 Å². The van der Waals surface area contributed by atoms with E-state index in [1.165, 1.54) is 30.6 Å². The van der Waals surface area contributed by atoms with Crippen molar-refractivity contribution >= 4 is 51.0 Å². The predicted octanol–water partition coefficient (Wildman–Crippen LogP) is 5.54. The SMILES string of the molecule is COC(=O)c1c(NC(=S)Nc2cc([N+](=O)[O-])ccc2C)sc(C)c1-c1ccccc1. The zero-order valence-electron chi connectivity index (χ0n) is 16.5. The molecular formula is C21H19N3O4S2. The van der Waals surface area contributed by atoms with Crippen LogP contribution in [0.25, 0.3) is 11.1 Å². The highest BCUT2D eigenvalue weighted by molar-refractivity contribution is 7.80. The Morgan fingerprint density at radius 2 is 1.83 bits per heavy atom. The summed E-state index contributed by atoms with van der Waals surface area (Å²) in [6.45, 7) is 3.74. The second kappa shape index (κ2) is 9.02. The largest absolute Gasteiger partial charge is 0.465 e. The van der Waals surface area contributed by atoms with Crippen LogP contribution in [-0.4, -0.2) is 23.1 Å². The lowest BCUT2D eigenvalue weighted by atomic mass is 10.0. The minimum Gasteiger partial charge on any atom is -0.465 e. The minimum atomic E-state index is -0.477. The second-order valence-electron chi connectivity index (χ2n) is 6.43. The molecule has 0 saturated carbocycles. The van der Waals surface area contributed by atoms with Gasteiger partial charge in [-0.3, -0.25) is 10.1 Å². The summed E-state index contributed by atoms with van der Waals surface area (Å²) in [5.74, 6) is -0.477. The molecule has 0 aliphatic carbocycles. The van der Waals surface area contributed by atoms with Gasteiger partial charge in [0.05, 0.1) is 12.0 Å². The summed E-state index contributed by atoms with van der Waals surface area (Å²) >= 11 is 6.78. The number of rotatable bonds is 5. The fraction of sp³-hybridized carbons (Fsp3) is 0.143. The van der Waals surface area contributed by atoms with Crippen LogP contribution in [0.4, 0.5) is 16.4 Å². The van der Waals surface area contributed by atoms with E-state index in [2.05, 4.69) is 10.6 Å². The quantitative estimate of drug-likeness (QED) is 0.232. The first kappa shape index (κ1) is 21.4. The summed E-state index contributed by atoms with van der Waals surface area (Å²) in [7, 11) is 1.33. The summed E-state index contributed by atoms with van der Waals surface area (Å²) in [6.07, 6.45) is 0. The molecule has 30 heavy (non-hydrogen) atoms. The molecule has 3 aromatic rings. The number of benzene rings is 2. The van der Waals surface area contributed by atoms with Crippen LogP contribution in [0, 0.1) is 24.0 Å². The van der Waals surface area contributed by atoms with Crippen molar-refractivity contribution in [1.82, 2.24) is 0 Å². The van der Waals surface area contributed by atoms with Gasteiger partial charge in [0.25, 0.3) is 5.69 Å². The molecule has 7 nitrogen and oxygen atoms in total. The monoisotopic (exact) mass is 441 g/mol. The van der Waals surface area contributed by atoms with Gasteiger partial charge in [-0.05, 0) is 37.2 Å². The molecule has 0 atom stereocenters. The maximum atomic E-state index is 12.6. The molecule has 1 aromatic heterocycles. The van der Waals surface area contributed by atoms with Crippen LogP contribution in [-0.2, 0) is 4.74 Å². The van der Waals surface area contributed by atoms with Crippen LogP contribution in [0.5, 0.6) is 0 Å². The van der Waals surface area contributed by atoms with E-state index in [0.717, 1.165) is 21.6 Å². The molecule has 0 fully saturated rings. The molecular weight excluding hydrogens is 422 g/mol. The highest BCUT2D eigenvalue weighted by atomic mass is 32.1. The van der Waals surface area contributed by atoms with Crippen LogP contribution in [0.15, 0.2) is 48.5 Å². The van der Waals surface area contributed by atoms with E-state index in [0.29, 0.717) is 16.3 Å². The smallest absolute Gasteiger partial charge is 0.341 e. The molecule has 0 spiro atoms. The van der Waals surface area contributed by atoms with Crippen LogP contribution in [0.1, 0.15) is 20.8 Å². The number of thiocarbonyl (C=S) groups is 1. The Hall–Kier alpha value is -3.30. The number of non-ortho nitro benzene ring substituents is 1. The van der Waals surface area contributed by atoms with Gasteiger partial charge < -0.3 is 15.4 Å². The molecule has 0 amide bonds. The Labute approximate surface area is 182 Å². The second-order valence-corrected chi connectivity index (χ2v) is 8.06. The number of ether oxygens (including phenoxy) is 1. The first-order chi connectivity index (χ1) is 14.3. The predicted molar refractivity (Wildman–Crippen MR) is 124 cm³/mol. The van der Waals surface area contributed by atoms with Crippen molar-refractivity contribution in [3.05, 3.63) is 74.6 Å². The highest BCUT2D eigenvalue weighted by Crippen LogP contribution is 2.40. The highest BCUT2D eigenvalue weighted by Gasteiger charge is 2.24. The Bertz CT molecular complexity index is 1130. The Morgan fingerprint density at radius 3 is 2.47 bits per heavy atom. The number of anilines is 2. The molecule has 0 radical (unpaired) electrons. The Balaban J connectivity index is 1.93. The van der Waals surface area contributed by atoms with Crippen molar-refractivity contribution in [2.75, 3.05) is 17.7 Å². The van der Waals surface area contributed by atoms with Gasteiger partial charge in [-0.2, -0.15) is 0 Å². The zero-order chi connectivity index (χ0) is 21.8. The van der Waals surface area contributed by atoms with Gasteiger partial charge in [-0.15, -0.1) is 11.3 Å². The van der Waals surface area contributed by atoms with E-state index in [-0.39, 0.29) is 10.8 Å². The molecule has 154 valence electrons. The van der Waals surface area contributed by atoms with Gasteiger partial charge in [-0.25, -0.2) is 4.79 Å². The van der Waals surface area contributed by atoms with E-state index in [1.54, 1.807) is 6.07 Å². The van der Waals surface area contributed by atoms with Crippen molar-refractivity contribution in [3.8, 4) is 11.1 Å². The number of nitrogens with zero attached hydrogens (tertiary/aromatic N) is 1. The van der Waals surface area contributed by atoms with Gasteiger partial charge in [0.2, 0.25) is 0 Å². The van der Waals surface area contributed by atoms with Crippen LogP contribution < -0.4 is 10.6 Å². The van der Waals surface area contributed by atoms with Crippen LogP contribution >= 0.6 is 23.6 Å². The zero-order valence-corrected chi connectivity index (χ0v) is 18.1. The summed E-state index contributed by atoms with van der Waals surface area (Å²) in [4.78, 5) is 24.1. The average Bonchev–Trinajstić information content (AvgIpc) is 3.04. The number of methoxy groups -OCH3 is 1. The summed E-state index contributed by atoms with van der Waals surface area (Å²) in [5, 5.41) is 17.8. The molecule has 3 rings (SSSR count). The van der Waals surface area contributed by atoms with Crippen molar-refractivity contribution < 1.29 is 14.5 Å². The van der Waals surface area contributed by atoms with Crippen molar-refractivity contribution in [2.45, 2.75) is 13.8 Å². The minimum absolute atomic E-state index is 0.0421. The fourth-order valence-corrected chi connectivity index (χ4v) is 4.34. The molecule has 0 bridgehead atoms. The standard InChI is InChI=1S/C21H19N3O4S2/c1-12-9-10-15(24(26)27)11-16(12)22-21(29)23-19-18(20(25)28-3)17(13(2)30-19)14-7-5-4-6-8-14/h4-11H,1-3H3,(H2,22,23,29). The summed E-state index contributed by atoms with van der Waals surface area (Å²) in [6, 6.07) is 14.0. The number of thiophene rings is 1. The number of nitrogens with one attached hydrogen (secondary N) is 2. The normalized spacial score (nSPS) is 10.4. The molecule has 0 aliphatic rings. The van der Waals surface area contributed by atoms with E-state index in [4.69, 9.17) is 17.0 Å². The number of hydrogen-bond acceptors (Lipinski definition) is 6. The number of nitro benzene ring substituents is 1. The van der Waals surface area contributed by atoms with E-state index < -0.39 is 10.9 Å². The van der Waals surface area contributed by atoms with E-state index in [1.807, 2.05) is 44.2 Å². The number of aryl methyl sites for hydroxylation is 2. The van der Waals surface area contributed by atoms with Crippen LogP contribution in [0.3, 0.4) is 0 Å². The first-order valence-corrected chi connectivity index (χ1v) is 10.1. The van der Waals surface area contributed by atoms with Gasteiger partial charge in [0.15, 0.2) is 5.11 Å². The fourth-order valence-electron chi connectivity index (χ4n) is 3.00. The maximum Gasteiger partial charge on any atom is 0.341 e. The van der Waals surface area contributed by atoms with Gasteiger partial charge in [0.1, 0.15) is 10.6 Å². The summed E-state index contributed by atoms with van der Waals surface area (Å²) < 4.78 is 5.00. The van der Waals surface area contributed by atoms with Gasteiger partial charge in [0, 0.05) is 28.3 Å². The molecule has 0 aliphatic heterocycles. The summed E-state index contributed by atoms with van der Waals surface area (Å²) in [5.41, 5.74) is 3.34. The van der Waals surface area contributed by atoms with Gasteiger partial charge in [-0.1, -0.05) is 36.4 Å². The molecule has 0 unspecified atom stereocenters. The lowest BCUT2D eigenvalue weighted by Gasteiger charge is -2.13. The third-order valence-electron chi connectivity index (χ3n) is 4.44. The molecule has 9 heteroatoms. The van der Waals surface area contributed by atoms with Crippen molar-refractivity contribution in [2.24, 2.45) is 0 Å². The van der Waals surface area contributed by atoms with Gasteiger partial charge >= 0.3 is 5.97 Å². The lowest BCUT2D eigenvalue weighted by Crippen LogP contribution is -2.20. The average molecular weight is 442 g/mol. The number of nitro groups is 1. The maximum absolute atomic E-state index is 12.6. The number of hydrogen-bond donors (Lipinski definition) is 2. The number of carbonyl (C=O) groups is 1. The number of carbonyl (C=O) groups excluding carboxylic acids is 1. The van der Waals surface area contributed by atoms with E-state index in [9.17, 15) is 14.9 Å². The third-order valence-corrected chi connectivity index (χ3v) is 5.67. The molecule has 2 N–H and O–H groups in total. The number of esters is 1. The topological polar surface area (TPSA) is 93.5 Å². The van der Waals surface area contributed by atoms with Crippen molar-refractivity contribution in [3.63, 3.8) is 0 Å². The molecule has 0 saturated heterocycles.